The van der Waals surface area contributed by atoms with Gasteiger partial charge in [-0.25, -0.2) is 9.50 Å². The monoisotopic (exact) mass is 463 g/mol. The highest BCUT2D eigenvalue weighted by molar-refractivity contribution is 5.95. The van der Waals surface area contributed by atoms with Crippen molar-refractivity contribution < 1.29 is 18.0 Å². The predicted molar refractivity (Wildman–Crippen MR) is 117 cm³/mol. The molecule has 3 aromatic rings. The Bertz CT molecular complexity index is 1130. The Morgan fingerprint density at radius 2 is 2.03 bits per heavy atom. The molecule has 8 nitrogen and oxygen atoms in total. The second-order valence-corrected chi connectivity index (χ2v) is 9.10. The largest absolute Gasteiger partial charge is 0.393 e. The number of piperidine rings is 1. The van der Waals surface area contributed by atoms with E-state index in [1.807, 2.05) is 0 Å². The molecule has 178 valence electrons. The number of H-pyrrole nitrogens is 1. The van der Waals surface area contributed by atoms with Crippen molar-refractivity contribution in [3.63, 3.8) is 0 Å². The molecule has 0 radical (unpaired) electrons. The molecule has 2 N–H and O–H groups in total. The van der Waals surface area contributed by atoms with Crippen molar-refractivity contribution in [2.75, 3.05) is 19.6 Å². The molecule has 1 aliphatic heterocycles. The van der Waals surface area contributed by atoms with Crippen LogP contribution < -0.4 is 5.32 Å². The van der Waals surface area contributed by atoms with Crippen LogP contribution in [0.1, 0.15) is 48.3 Å². The Morgan fingerprint density at radius 3 is 2.70 bits per heavy atom. The fraction of sp³-hybridized carbons (Fsp3) is 0.545. The summed E-state index contributed by atoms with van der Waals surface area (Å²) in [6, 6.07) is 1.62. The molecule has 0 spiro atoms. The highest BCUT2D eigenvalue weighted by Crippen LogP contribution is 2.31. The summed E-state index contributed by atoms with van der Waals surface area (Å²) in [5.74, 6) is -0.0264. The lowest BCUT2D eigenvalue weighted by molar-refractivity contribution is -0.127. The van der Waals surface area contributed by atoms with E-state index >= 15 is 0 Å². The maximum atomic E-state index is 13.4. The molecule has 0 bridgehead atoms. The van der Waals surface area contributed by atoms with E-state index in [2.05, 4.69) is 44.3 Å². The standard InChI is InChI=1S/C22H28F3N7O/c1-13(2)10-31-6-4-16(5-7-31)28-21(33)19-17(9-22(23,24)25)18(29-30-19)15-8-14(3)20-26-12-27-32(20)11-15/h8,11-13,16H,4-7,9-10H2,1-3H3,(H,28,33)(H,29,30). The van der Waals surface area contributed by atoms with Crippen LogP contribution in [-0.4, -0.2) is 67.5 Å². The molecule has 1 saturated heterocycles. The first-order valence-electron chi connectivity index (χ1n) is 11.1. The molecule has 0 saturated carbocycles. The average Bonchev–Trinajstić information content (AvgIpc) is 3.35. The zero-order chi connectivity index (χ0) is 23.8. The predicted octanol–water partition coefficient (Wildman–Crippen LogP) is 3.38. The third-order valence-corrected chi connectivity index (χ3v) is 5.85. The number of alkyl halides is 3. The van der Waals surface area contributed by atoms with Gasteiger partial charge >= 0.3 is 6.18 Å². The Labute approximate surface area is 189 Å². The number of amides is 1. The summed E-state index contributed by atoms with van der Waals surface area (Å²) < 4.78 is 41.8. The third kappa shape index (κ3) is 5.35. The summed E-state index contributed by atoms with van der Waals surface area (Å²) in [5.41, 5.74) is 1.58. The van der Waals surface area contributed by atoms with Crippen molar-refractivity contribution in [3.05, 3.63) is 35.4 Å². The van der Waals surface area contributed by atoms with Crippen LogP contribution in [0.2, 0.25) is 0 Å². The summed E-state index contributed by atoms with van der Waals surface area (Å²) in [6.45, 7) is 8.81. The van der Waals surface area contributed by atoms with Gasteiger partial charge in [0.2, 0.25) is 0 Å². The number of likely N-dealkylation sites (tertiary alicyclic amines) is 1. The molecule has 33 heavy (non-hydrogen) atoms. The number of aryl methyl sites for hydroxylation is 1. The molecule has 0 aromatic carbocycles. The van der Waals surface area contributed by atoms with Crippen LogP contribution in [-0.2, 0) is 6.42 Å². The van der Waals surface area contributed by atoms with Crippen LogP contribution >= 0.6 is 0 Å². The number of nitrogens with one attached hydrogen (secondary N) is 2. The minimum Gasteiger partial charge on any atom is -0.348 e. The number of hydrogen-bond acceptors (Lipinski definition) is 5. The van der Waals surface area contributed by atoms with E-state index < -0.39 is 18.5 Å². The number of aromatic nitrogens is 5. The SMILES string of the molecule is Cc1cc(-c2[nH]nc(C(=O)NC3CCN(CC(C)C)CC3)c2CC(F)(F)F)cn2ncnc12. The van der Waals surface area contributed by atoms with E-state index in [0.29, 0.717) is 17.1 Å². The highest BCUT2D eigenvalue weighted by atomic mass is 19.4. The van der Waals surface area contributed by atoms with Crippen LogP contribution in [0.5, 0.6) is 0 Å². The molecular weight excluding hydrogens is 435 g/mol. The van der Waals surface area contributed by atoms with E-state index in [-0.39, 0.29) is 23.0 Å². The van der Waals surface area contributed by atoms with E-state index in [4.69, 9.17) is 0 Å². The van der Waals surface area contributed by atoms with Crippen LogP contribution in [0.15, 0.2) is 18.6 Å². The Morgan fingerprint density at radius 1 is 1.30 bits per heavy atom. The first-order chi connectivity index (χ1) is 15.6. The third-order valence-electron chi connectivity index (χ3n) is 5.85. The molecular formula is C22H28F3N7O. The molecule has 0 unspecified atom stereocenters. The van der Waals surface area contributed by atoms with E-state index in [9.17, 15) is 18.0 Å². The number of hydrogen-bond donors (Lipinski definition) is 2. The second kappa shape index (κ2) is 9.12. The van der Waals surface area contributed by atoms with Gasteiger partial charge in [0.1, 0.15) is 6.33 Å². The maximum absolute atomic E-state index is 13.4. The van der Waals surface area contributed by atoms with Gasteiger partial charge in [0.25, 0.3) is 5.91 Å². The van der Waals surface area contributed by atoms with Gasteiger partial charge < -0.3 is 10.2 Å². The molecule has 0 aliphatic carbocycles. The second-order valence-electron chi connectivity index (χ2n) is 9.10. The van der Waals surface area contributed by atoms with Crippen molar-refractivity contribution >= 4 is 11.6 Å². The van der Waals surface area contributed by atoms with Crippen molar-refractivity contribution in [1.29, 1.82) is 0 Å². The molecule has 0 atom stereocenters. The first kappa shape index (κ1) is 23.2. The summed E-state index contributed by atoms with van der Waals surface area (Å²) in [4.78, 5) is 19.4. The average molecular weight is 464 g/mol. The number of carbonyl (C=O) groups is 1. The van der Waals surface area contributed by atoms with E-state index in [1.165, 1.54) is 10.8 Å². The van der Waals surface area contributed by atoms with Crippen molar-refractivity contribution in [2.24, 2.45) is 5.92 Å². The Hall–Kier alpha value is -2.95. The molecule has 11 heteroatoms. The number of carbonyl (C=O) groups excluding carboxylic acids is 1. The Kier molecular flexibility index (Phi) is 6.42. The number of fused-ring (bicyclic) bond motifs is 1. The number of rotatable bonds is 6. The molecule has 1 fully saturated rings. The van der Waals surface area contributed by atoms with Gasteiger partial charge in [0.15, 0.2) is 11.3 Å². The van der Waals surface area contributed by atoms with Crippen molar-refractivity contribution in [2.45, 2.75) is 52.3 Å². The van der Waals surface area contributed by atoms with Gasteiger partial charge in [-0.05, 0) is 37.3 Å². The summed E-state index contributed by atoms with van der Waals surface area (Å²) in [7, 11) is 0. The fourth-order valence-corrected chi connectivity index (χ4v) is 4.42. The number of pyridine rings is 1. The summed E-state index contributed by atoms with van der Waals surface area (Å²) in [5, 5.41) is 13.6. The lowest BCUT2D eigenvalue weighted by Crippen LogP contribution is -2.45. The van der Waals surface area contributed by atoms with Crippen molar-refractivity contribution in [1.82, 2.24) is 35.0 Å². The van der Waals surface area contributed by atoms with Gasteiger partial charge in [0.05, 0.1) is 12.1 Å². The van der Waals surface area contributed by atoms with Crippen LogP contribution in [0.4, 0.5) is 13.2 Å². The van der Waals surface area contributed by atoms with Gasteiger partial charge in [-0.15, -0.1) is 0 Å². The molecule has 4 heterocycles. The van der Waals surface area contributed by atoms with Gasteiger partial charge in [-0.2, -0.15) is 23.4 Å². The first-order valence-corrected chi connectivity index (χ1v) is 11.1. The van der Waals surface area contributed by atoms with Gasteiger partial charge in [-0.1, -0.05) is 13.8 Å². The molecule has 3 aromatic heterocycles. The minimum absolute atomic E-state index is 0.0893. The minimum atomic E-state index is -4.50. The Balaban J connectivity index is 1.58. The molecule has 4 rings (SSSR count). The molecule has 1 amide bonds. The number of halogens is 3. The van der Waals surface area contributed by atoms with Gasteiger partial charge in [-0.3, -0.25) is 9.89 Å². The zero-order valence-corrected chi connectivity index (χ0v) is 18.9. The lowest BCUT2D eigenvalue weighted by atomic mass is 10.0. The van der Waals surface area contributed by atoms with Crippen LogP contribution in [0, 0.1) is 12.8 Å². The topological polar surface area (TPSA) is 91.2 Å². The fourth-order valence-electron chi connectivity index (χ4n) is 4.42. The van der Waals surface area contributed by atoms with Crippen molar-refractivity contribution in [3.8, 4) is 11.3 Å². The quantitative estimate of drug-likeness (QED) is 0.585. The smallest absolute Gasteiger partial charge is 0.348 e. The van der Waals surface area contributed by atoms with E-state index in [1.54, 1.807) is 19.2 Å². The maximum Gasteiger partial charge on any atom is 0.393 e. The summed E-state index contributed by atoms with van der Waals surface area (Å²) in [6.07, 6.45) is -1.29. The van der Waals surface area contributed by atoms with Crippen LogP contribution in [0.25, 0.3) is 16.9 Å². The number of aromatic amines is 1. The molecule has 1 aliphatic rings. The summed E-state index contributed by atoms with van der Waals surface area (Å²) >= 11 is 0. The number of nitrogens with zero attached hydrogens (tertiary/aromatic N) is 5. The van der Waals surface area contributed by atoms with E-state index in [0.717, 1.165) is 38.0 Å². The highest BCUT2D eigenvalue weighted by Gasteiger charge is 2.34. The normalized spacial score (nSPS) is 16.1. The van der Waals surface area contributed by atoms with Crippen LogP contribution in [0.3, 0.4) is 0 Å². The zero-order valence-electron chi connectivity index (χ0n) is 18.9. The van der Waals surface area contributed by atoms with Gasteiger partial charge in [0, 0.05) is 43.0 Å². The lowest BCUT2D eigenvalue weighted by Gasteiger charge is -2.33.